The summed E-state index contributed by atoms with van der Waals surface area (Å²) in [6.07, 6.45) is 7.24. The minimum absolute atomic E-state index is 0.771. The van der Waals surface area contributed by atoms with Gasteiger partial charge in [-0.1, -0.05) is 75.1 Å². The van der Waals surface area contributed by atoms with Gasteiger partial charge in [0, 0.05) is 42.9 Å². The van der Waals surface area contributed by atoms with E-state index in [2.05, 4.69) is 71.5 Å². The number of H-pyrrole nitrogens is 1. The molecule has 4 rings (SSSR count). The molecule has 4 heteroatoms. The van der Waals surface area contributed by atoms with E-state index in [1.807, 2.05) is 0 Å². The Kier molecular flexibility index (Phi) is 7.20. The molecular weight excluding hydrogens is 370 g/mol. The number of ether oxygens (including phenoxy) is 1. The zero-order valence-electron chi connectivity index (χ0n) is 18.1. The molecule has 0 radical (unpaired) electrons. The number of aromatic amines is 1. The van der Waals surface area contributed by atoms with Crippen molar-refractivity contribution in [2.75, 3.05) is 13.2 Å². The molecule has 30 heavy (non-hydrogen) atoms. The monoisotopic (exact) mass is 403 g/mol. The molecule has 0 aliphatic carbocycles. The van der Waals surface area contributed by atoms with Crippen molar-refractivity contribution in [1.29, 1.82) is 0 Å². The van der Waals surface area contributed by atoms with Crippen LogP contribution in [0.25, 0.3) is 11.3 Å². The number of rotatable bonds is 10. The highest BCUT2D eigenvalue weighted by Crippen LogP contribution is 2.34. The van der Waals surface area contributed by atoms with E-state index in [1.165, 1.54) is 42.5 Å². The lowest BCUT2D eigenvalue weighted by molar-refractivity contribution is 0.245. The number of aromatic nitrogens is 2. The van der Waals surface area contributed by atoms with Crippen LogP contribution in [0, 0.1) is 0 Å². The molecule has 1 aliphatic heterocycles. The van der Waals surface area contributed by atoms with Crippen LogP contribution in [0.4, 0.5) is 0 Å². The van der Waals surface area contributed by atoms with E-state index in [0.717, 1.165) is 56.1 Å². The Balaban J connectivity index is 1.45. The van der Waals surface area contributed by atoms with E-state index in [-0.39, 0.29) is 0 Å². The number of hydrogen-bond donors (Lipinski definition) is 1. The van der Waals surface area contributed by atoms with Crippen molar-refractivity contribution in [3.8, 4) is 17.0 Å². The number of nitrogens with one attached hydrogen (secondary N) is 1. The molecule has 0 spiro atoms. The van der Waals surface area contributed by atoms with Crippen LogP contribution in [0.2, 0.25) is 0 Å². The fourth-order valence-corrected chi connectivity index (χ4v) is 4.23. The molecule has 0 amide bonds. The van der Waals surface area contributed by atoms with Crippen molar-refractivity contribution in [2.45, 2.75) is 58.5 Å². The van der Waals surface area contributed by atoms with E-state index >= 15 is 0 Å². The molecule has 4 nitrogen and oxygen atoms in total. The zero-order valence-corrected chi connectivity index (χ0v) is 18.1. The van der Waals surface area contributed by atoms with Gasteiger partial charge in [0.05, 0.1) is 6.61 Å². The second-order valence-electron chi connectivity index (χ2n) is 8.23. The number of unbranched alkanes of at least 4 members (excludes halogenated alkanes) is 4. The average Bonchev–Trinajstić information content (AvgIpc) is 3.20. The fraction of sp³-hybridized carbons (Fsp3) is 0.423. The largest absolute Gasteiger partial charge is 0.493 e. The summed E-state index contributed by atoms with van der Waals surface area (Å²) in [5.41, 5.74) is 6.09. The van der Waals surface area contributed by atoms with Gasteiger partial charge < -0.3 is 4.74 Å². The standard InChI is InChI=1S/C26H33N3O/c1-2-3-4-5-11-18-30-25-15-10-9-14-22(25)26-23-20-29(17-16-24(23)27-28-26)19-21-12-7-6-8-13-21/h6-10,12-15H,2-5,11,16-20H2,1H3,(H,27,28). The van der Waals surface area contributed by atoms with Crippen LogP contribution in [-0.2, 0) is 19.5 Å². The smallest absolute Gasteiger partial charge is 0.128 e. The third kappa shape index (κ3) is 5.11. The highest BCUT2D eigenvalue weighted by molar-refractivity contribution is 5.70. The van der Waals surface area contributed by atoms with Crippen LogP contribution in [0.5, 0.6) is 5.75 Å². The minimum atomic E-state index is 0.771. The first-order valence-electron chi connectivity index (χ1n) is 11.4. The van der Waals surface area contributed by atoms with Gasteiger partial charge in [-0.05, 0) is 24.1 Å². The molecule has 0 saturated carbocycles. The summed E-state index contributed by atoms with van der Waals surface area (Å²) in [6, 6.07) is 19.1. The van der Waals surface area contributed by atoms with Crippen molar-refractivity contribution in [1.82, 2.24) is 15.1 Å². The van der Waals surface area contributed by atoms with Gasteiger partial charge in [-0.25, -0.2) is 0 Å². The van der Waals surface area contributed by atoms with Crippen molar-refractivity contribution in [3.63, 3.8) is 0 Å². The van der Waals surface area contributed by atoms with Crippen LogP contribution in [-0.4, -0.2) is 28.2 Å². The van der Waals surface area contributed by atoms with E-state index < -0.39 is 0 Å². The number of nitrogens with zero attached hydrogens (tertiary/aromatic N) is 2. The summed E-state index contributed by atoms with van der Waals surface area (Å²) >= 11 is 0. The normalized spacial score (nSPS) is 13.9. The summed E-state index contributed by atoms with van der Waals surface area (Å²) in [4.78, 5) is 2.51. The molecule has 2 aromatic carbocycles. The summed E-state index contributed by atoms with van der Waals surface area (Å²) < 4.78 is 6.19. The number of benzene rings is 2. The summed E-state index contributed by atoms with van der Waals surface area (Å²) in [5, 5.41) is 8.00. The van der Waals surface area contributed by atoms with Crippen LogP contribution in [0.15, 0.2) is 54.6 Å². The van der Waals surface area contributed by atoms with Gasteiger partial charge in [0.1, 0.15) is 11.4 Å². The molecular formula is C26H33N3O. The summed E-state index contributed by atoms with van der Waals surface area (Å²) in [5.74, 6) is 0.947. The zero-order chi connectivity index (χ0) is 20.6. The molecule has 1 aliphatic rings. The number of hydrogen-bond acceptors (Lipinski definition) is 3. The molecule has 0 unspecified atom stereocenters. The molecule has 1 aromatic heterocycles. The van der Waals surface area contributed by atoms with E-state index in [0.29, 0.717) is 0 Å². The predicted octanol–water partition coefficient (Wildman–Crippen LogP) is 5.98. The van der Waals surface area contributed by atoms with Crippen molar-refractivity contribution in [3.05, 3.63) is 71.4 Å². The Morgan fingerprint density at radius 2 is 1.77 bits per heavy atom. The first-order valence-corrected chi connectivity index (χ1v) is 11.4. The molecule has 0 fully saturated rings. The van der Waals surface area contributed by atoms with Gasteiger partial charge in [-0.3, -0.25) is 10.00 Å². The lowest BCUT2D eigenvalue weighted by Gasteiger charge is -2.27. The highest BCUT2D eigenvalue weighted by atomic mass is 16.5. The molecule has 3 aromatic rings. The van der Waals surface area contributed by atoms with Crippen LogP contribution < -0.4 is 4.74 Å². The van der Waals surface area contributed by atoms with Gasteiger partial charge in [0.2, 0.25) is 0 Å². The predicted molar refractivity (Wildman–Crippen MR) is 123 cm³/mol. The van der Waals surface area contributed by atoms with Crippen LogP contribution in [0.3, 0.4) is 0 Å². The SMILES string of the molecule is CCCCCCCOc1ccccc1-c1n[nH]c2c1CN(Cc1ccccc1)CC2. The third-order valence-corrected chi connectivity index (χ3v) is 5.91. The fourth-order valence-electron chi connectivity index (χ4n) is 4.23. The van der Waals surface area contributed by atoms with Crippen molar-refractivity contribution in [2.24, 2.45) is 0 Å². The molecule has 0 bridgehead atoms. The van der Waals surface area contributed by atoms with E-state index in [1.54, 1.807) is 0 Å². The molecule has 0 saturated heterocycles. The van der Waals surface area contributed by atoms with Gasteiger partial charge in [0.25, 0.3) is 0 Å². The molecule has 0 atom stereocenters. The maximum Gasteiger partial charge on any atom is 0.128 e. The maximum atomic E-state index is 6.19. The molecule has 1 N–H and O–H groups in total. The van der Waals surface area contributed by atoms with E-state index in [4.69, 9.17) is 9.84 Å². The second-order valence-corrected chi connectivity index (χ2v) is 8.23. The number of fused-ring (bicyclic) bond motifs is 1. The van der Waals surface area contributed by atoms with Gasteiger partial charge in [-0.2, -0.15) is 5.10 Å². The maximum absolute atomic E-state index is 6.19. The first-order chi connectivity index (χ1) is 14.8. The Hall–Kier alpha value is -2.59. The van der Waals surface area contributed by atoms with Crippen LogP contribution in [0.1, 0.15) is 55.8 Å². The third-order valence-electron chi connectivity index (χ3n) is 5.91. The van der Waals surface area contributed by atoms with Gasteiger partial charge in [0.15, 0.2) is 0 Å². The van der Waals surface area contributed by atoms with Gasteiger partial charge in [-0.15, -0.1) is 0 Å². The average molecular weight is 404 g/mol. The lowest BCUT2D eigenvalue weighted by atomic mass is 10.00. The minimum Gasteiger partial charge on any atom is -0.493 e. The lowest BCUT2D eigenvalue weighted by Crippen LogP contribution is -2.30. The topological polar surface area (TPSA) is 41.1 Å². The highest BCUT2D eigenvalue weighted by Gasteiger charge is 2.24. The Labute approximate surface area is 180 Å². The second kappa shape index (κ2) is 10.4. The van der Waals surface area contributed by atoms with Crippen molar-refractivity contribution < 1.29 is 4.74 Å². The summed E-state index contributed by atoms with van der Waals surface area (Å²) in [6.45, 7) is 5.97. The molecule has 158 valence electrons. The Bertz CT molecular complexity index is 919. The van der Waals surface area contributed by atoms with Crippen LogP contribution >= 0.6 is 0 Å². The Morgan fingerprint density at radius 1 is 0.967 bits per heavy atom. The molecule has 2 heterocycles. The van der Waals surface area contributed by atoms with Crippen molar-refractivity contribution >= 4 is 0 Å². The number of para-hydroxylation sites is 1. The quantitative estimate of drug-likeness (QED) is 0.423. The first kappa shape index (κ1) is 20.7. The Morgan fingerprint density at radius 3 is 2.63 bits per heavy atom. The van der Waals surface area contributed by atoms with Gasteiger partial charge >= 0.3 is 0 Å². The van der Waals surface area contributed by atoms with E-state index in [9.17, 15) is 0 Å². The summed E-state index contributed by atoms with van der Waals surface area (Å²) in [7, 11) is 0.